The molecular weight excluding hydrogens is 291 g/mol. The van der Waals surface area contributed by atoms with Crippen LogP contribution in [0, 0.1) is 5.82 Å². The molecule has 0 bridgehead atoms. The van der Waals surface area contributed by atoms with E-state index in [9.17, 15) is 12.8 Å². The van der Waals surface area contributed by atoms with Crippen LogP contribution in [0.2, 0.25) is 0 Å². The Kier molecular flexibility index (Phi) is 5.35. The van der Waals surface area contributed by atoms with Gasteiger partial charge in [0.25, 0.3) is 0 Å². The van der Waals surface area contributed by atoms with Crippen molar-refractivity contribution in [1.82, 2.24) is 10.0 Å². The summed E-state index contributed by atoms with van der Waals surface area (Å²) in [6.07, 6.45) is 4.61. The van der Waals surface area contributed by atoms with Crippen molar-refractivity contribution in [2.45, 2.75) is 50.7 Å². The lowest BCUT2D eigenvalue weighted by Crippen LogP contribution is -2.42. The second kappa shape index (κ2) is 6.85. The van der Waals surface area contributed by atoms with Gasteiger partial charge in [0, 0.05) is 23.7 Å². The fraction of sp³-hybridized carbons (Fsp3) is 0.600. The molecule has 1 fully saturated rings. The summed E-state index contributed by atoms with van der Waals surface area (Å²) in [5.41, 5.74) is 0.675. The first-order valence-corrected chi connectivity index (χ1v) is 9.22. The van der Waals surface area contributed by atoms with Gasteiger partial charge in [-0.15, -0.1) is 0 Å². The molecule has 2 rings (SSSR count). The predicted molar refractivity (Wildman–Crippen MR) is 82.0 cm³/mol. The molecule has 21 heavy (non-hydrogen) atoms. The summed E-state index contributed by atoms with van der Waals surface area (Å²) >= 11 is 0. The van der Waals surface area contributed by atoms with E-state index in [2.05, 4.69) is 10.0 Å². The molecule has 1 aromatic rings. The van der Waals surface area contributed by atoms with Gasteiger partial charge in [-0.3, -0.25) is 0 Å². The van der Waals surface area contributed by atoms with Gasteiger partial charge in [-0.1, -0.05) is 18.2 Å². The lowest BCUT2D eigenvalue weighted by molar-refractivity contribution is 0.309. The second-order valence-corrected chi connectivity index (χ2v) is 7.63. The first-order chi connectivity index (χ1) is 9.85. The van der Waals surface area contributed by atoms with Gasteiger partial charge in [-0.25, -0.2) is 17.5 Å². The number of hydrogen-bond donors (Lipinski definition) is 2. The molecule has 2 N–H and O–H groups in total. The van der Waals surface area contributed by atoms with Crippen LogP contribution in [0.4, 0.5) is 4.39 Å². The van der Waals surface area contributed by atoms with E-state index in [-0.39, 0.29) is 17.9 Å². The lowest BCUT2D eigenvalue weighted by Gasteiger charge is -2.31. The highest BCUT2D eigenvalue weighted by molar-refractivity contribution is 7.88. The van der Waals surface area contributed by atoms with Crippen molar-refractivity contribution < 1.29 is 12.8 Å². The molecule has 6 heteroatoms. The standard InChI is InChI=1S/C15H23FN2O2S/c1-11(14-5-3-4-6-15(14)16)17-12-7-9-13(10-8-12)18-21(2,19)20/h3-6,11-13,17-18H,7-10H2,1-2H3/t11-,12?,13?/m0/s1. The molecular formula is C15H23FN2O2S. The summed E-state index contributed by atoms with van der Waals surface area (Å²) in [6.45, 7) is 1.96. The van der Waals surface area contributed by atoms with Crippen molar-refractivity contribution in [2.75, 3.05) is 6.26 Å². The number of sulfonamides is 1. The number of nitrogens with one attached hydrogen (secondary N) is 2. The fourth-order valence-electron chi connectivity index (χ4n) is 2.95. The van der Waals surface area contributed by atoms with E-state index in [0.717, 1.165) is 25.7 Å². The number of hydrogen-bond acceptors (Lipinski definition) is 3. The smallest absolute Gasteiger partial charge is 0.208 e. The van der Waals surface area contributed by atoms with Crippen LogP contribution in [0.3, 0.4) is 0 Å². The highest BCUT2D eigenvalue weighted by atomic mass is 32.2. The van der Waals surface area contributed by atoms with Crippen molar-refractivity contribution in [3.63, 3.8) is 0 Å². The minimum atomic E-state index is -3.13. The molecule has 1 saturated carbocycles. The zero-order chi connectivity index (χ0) is 15.5. The predicted octanol–water partition coefficient (Wildman–Crippen LogP) is 2.34. The van der Waals surface area contributed by atoms with Crippen LogP contribution >= 0.6 is 0 Å². The van der Waals surface area contributed by atoms with Crippen molar-refractivity contribution in [3.8, 4) is 0 Å². The molecule has 118 valence electrons. The highest BCUT2D eigenvalue weighted by Crippen LogP contribution is 2.23. The molecule has 1 atom stereocenters. The molecule has 1 aliphatic rings. The maximum absolute atomic E-state index is 13.7. The molecule has 0 spiro atoms. The maximum atomic E-state index is 13.7. The van der Waals surface area contributed by atoms with E-state index < -0.39 is 10.0 Å². The average molecular weight is 314 g/mol. The van der Waals surface area contributed by atoms with Gasteiger partial charge in [0.15, 0.2) is 0 Å². The van der Waals surface area contributed by atoms with Gasteiger partial charge >= 0.3 is 0 Å². The van der Waals surface area contributed by atoms with E-state index in [1.165, 1.54) is 12.3 Å². The Morgan fingerprint density at radius 3 is 2.29 bits per heavy atom. The molecule has 0 heterocycles. The van der Waals surface area contributed by atoms with E-state index in [1.54, 1.807) is 12.1 Å². The molecule has 0 saturated heterocycles. The Morgan fingerprint density at radius 2 is 1.71 bits per heavy atom. The monoisotopic (exact) mass is 314 g/mol. The minimum absolute atomic E-state index is 0.0295. The first-order valence-electron chi connectivity index (χ1n) is 7.33. The fourth-order valence-corrected chi connectivity index (χ4v) is 3.79. The van der Waals surface area contributed by atoms with Gasteiger partial charge in [0.05, 0.1) is 6.26 Å². The Morgan fingerprint density at radius 1 is 1.14 bits per heavy atom. The quantitative estimate of drug-likeness (QED) is 0.877. The second-order valence-electron chi connectivity index (χ2n) is 5.85. The largest absolute Gasteiger partial charge is 0.307 e. The van der Waals surface area contributed by atoms with Crippen molar-refractivity contribution in [3.05, 3.63) is 35.6 Å². The van der Waals surface area contributed by atoms with Crippen LogP contribution in [-0.2, 0) is 10.0 Å². The Labute approximate surface area is 126 Å². The third-order valence-corrected chi connectivity index (χ3v) is 4.73. The lowest BCUT2D eigenvalue weighted by atomic mass is 9.91. The van der Waals surface area contributed by atoms with Crippen LogP contribution in [0.5, 0.6) is 0 Å². The van der Waals surface area contributed by atoms with Crippen LogP contribution in [0.1, 0.15) is 44.2 Å². The van der Waals surface area contributed by atoms with Gasteiger partial charge < -0.3 is 5.32 Å². The number of benzene rings is 1. The number of halogens is 1. The zero-order valence-corrected chi connectivity index (χ0v) is 13.3. The Hall–Kier alpha value is -0.980. The molecule has 0 amide bonds. The molecule has 0 aliphatic heterocycles. The molecule has 0 unspecified atom stereocenters. The van der Waals surface area contributed by atoms with Crippen LogP contribution < -0.4 is 10.0 Å². The molecule has 1 aliphatic carbocycles. The van der Waals surface area contributed by atoms with Gasteiger partial charge in [-0.2, -0.15) is 0 Å². The minimum Gasteiger partial charge on any atom is -0.307 e. The molecule has 0 aromatic heterocycles. The topological polar surface area (TPSA) is 58.2 Å². The Bertz CT molecular complexity index is 569. The van der Waals surface area contributed by atoms with Crippen LogP contribution in [-0.4, -0.2) is 26.8 Å². The number of rotatable bonds is 5. The summed E-state index contributed by atoms with van der Waals surface area (Å²) in [7, 11) is -3.13. The van der Waals surface area contributed by atoms with Crippen molar-refractivity contribution >= 4 is 10.0 Å². The van der Waals surface area contributed by atoms with Crippen molar-refractivity contribution in [1.29, 1.82) is 0 Å². The van der Waals surface area contributed by atoms with Gasteiger partial charge in [0.1, 0.15) is 5.82 Å². The summed E-state index contributed by atoms with van der Waals surface area (Å²) in [5.74, 6) is -0.190. The normalized spacial score (nSPS) is 24.7. The maximum Gasteiger partial charge on any atom is 0.208 e. The van der Waals surface area contributed by atoms with Crippen LogP contribution in [0.15, 0.2) is 24.3 Å². The van der Waals surface area contributed by atoms with E-state index in [0.29, 0.717) is 11.6 Å². The first kappa shape index (κ1) is 16.4. The molecule has 1 aromatic carbocycles. The third-order valence-electron chi connectivity index (χ3n) is 3.97. The van der Waals surface area contributed by atoms with Gasteiger partial charge in [0.2, 0.25) is 10.0 Å². The highest BCUT2D eigenvalue weighted by Gasteiger charge is 2.24. The average Bonchev–Trinajstić information content (AvgIpc) is 2.40. The third kappa shape index (κ3) is 5.05. The van der Waals surface area contributed by atoms with Gasteiger partial charge in [-0.05, 0) is 38.7 Å². The SMILES string of the molecule is C[C@H](NC1CCC(NS(C)(=O)=O)CC1)c1ccccc1F. The summed E-state index contributed by atoms with van der Waals surface area (Å²) in [5, 5.41) is 3.44. The van der Waals surface area contributed by atoms with E-state index >= 15 is 0 Å². The molecule has 4 nitrogen and oxygen atoms in total. The molecule has 0 radical (unpaired) electrons. The van der Waals surface area contributed by atoms with Crippen LogP contribution in [0.25, 0.3) is 0 Å². The summed E-state index contributed by atoms with van der Waals surface area (Å²) < 4.78 is 38.8. The van der Waals surface area contributed by atoms with Crippen molar-refractivity contribution in [2.24, 2.45) is 0 Å². The zero-order valence-electron chi connectivity index (χ0n) is 12.5. The Balaban J connectivity index is 1.85. The van der Waals surface area contributed by atoms with E-state index in [1.807, 2.05) is 13.0 Å². The van der Waals surface area contributed by atoms with E-state index in [4.69, 9.17) is 0 Å². The summed E-state index contributed by atoms with van der Waals surface area (Å²) in [4.78, 5) is 0. The summed E-state index contributed by atoms with van der Waals surface area (Å²) in [6, 6.07) is 7.08.